The SMILES string of the molecule is O=C(Nc1cccc(C(F)(F)F)n1)c1nc(CN2CCS(=O)(=O)CC2)c2ccccn12. The van der Waals surface area contributed by atoms with Gasteiger partial charge in [-0.2, -0.15) is 13.2 Å². The van der Waals surface area contributed by atoms with Crippen LogP contribution in [0, 0.1) is 0 Å². The van der Waals surface area contributed by atoms with E-state index in [4.69, 9.17) is 0 Å². The number of sulfone groups is 1. The van der Waals surface area contributed by atoms with Crippen LogP contribution in [-0.4, -0.2) is 58.2 Å². The number of nitrogens with zero attached hydrogens (tertiary/aromatic N) is 4. The monoisotopic (exact) mass is 453 g/mol. The summed E-state index contributed by atoms with van der Waals surface area (Å²) in [6, 6.07) is 8.48. The Balaban J connectivity index is 1.59. The van der Waals surface area contributed by atoms with Crippen molar-refractivity contribution < 1.29 is 26.4 Å². The number of aromatic nitrogens is 3. The Kier molecular flexibility index (Phi) is 5.43. The van der Waals surface area contributed by atoms with Crippen LogP contribution in [0.5, 0.6) is 0 Å². The molecular weight excluding hydrogens is 435 g/mol. The van der Waals surface area contributed by atoms with Crippen LogP contribution >= 0.6 is 0 Å². The summed E-state index contributed by atoms with van der Waals surface area (Å²) in [4.78, 5) is 22.5. The summed E-state index contributed by atoms with van der Waals surface area (Å²) in [6.07, 6.45) is -3.00. The van der Waals surface area contributed by atoms with Gasteiger partial charge in [-0.1, -0.05) is 12.1 Å². The minimum absolute atomic E-state index is 0.00515. The largest absolute Gasteiger partial charge is 0.433 e. The topological polar surface area (TPSA) is 96.7 Å². The van der Waals surface area contributed by atoms with Gasteiger partial charge in [0.2, 0.25) is 5.82 Å². The molecule has 12 heteroatoms. The molecule has 1 aliphatic heterocycles. The molecular formula is C19H18F3N5O3S. The number of rotatable bonds is 4. The number of imidazole rings is 1. The highest BCUT2D eigenvalue weighted by Gasteiger charge is 2.32. The van der Waals surface area contributed by atoms with Gasteiger partial charge < -0.3 is 5.32 Å². The number of hydrogen-bond acceptors (Lipinski definition) is 6. The molecule has 0 atom stereocenters. The van der Waals surface area contributed by atoms with Crippen molar-refractivity contribution in [2.24, 2.45) is 0 Å². The highest BCUT2D eigenvalue weighted by Crippen LogP contribution is 2.28. The molecule has 1 N–H and O–H groups in total. The van der Waals surface area contributed by atoms with Gasteiger partial charge in [0.05, 0.1) is 22.7 Å². The van der Waals surface area contributed by atoms with Crippen LogP contribution in [0.25, 0.3) is 5.52 Å². The normalized spacial score (nSPS) is 17.0. The Bertz CT molecular complexity index is 1230. The average Bonchev–Trinajstić information content (AvgIpc) is 3.08. The van der Waals surface area contributed by atoms with Crippen LogP contribution in [0.15, 0.2) is 42.6 Å². The maximum absolute atomic E-state index is 12.9. The van der Waals surface area contributed by atoms with Crippen molar-refractivity contribution in [2.45, 2.75) is 12.7 Å². The summed E-state index contributed by atoms with van der Waals surface area (Å²) >= 11 is 0. The van der Waals surface area contributed by atoms with Gasteiger partial charge in [0, 0.05) is 25.8 Å². The van der Waals surface area contributed by atoms with Gasteiger partial charge in [-0.05, 0) is 24.3 Å². The van der Waals surface area contributed by atoms with E-state index in [0.29, 0.717) is 30.8 Å². The molecule has 0 radical (unpaired) electrons. The molecule has 4 heterocycles. The fourth-order valence-corrected chi connectivity index (χ4v) is 4.61. The lowest BCUT2D eigenvalue weighted by Crippen LogP contribution is -2.39. The first-order valence-electron chi connectivity index (χ1n) is 9.37. The van der Waals surface area contributed by atoms with Crippen LogP contribution in [0.2, 0.25) is 0 Å². The van der Waals surface area contributed by atoms with Gasteiger partial charge in [-0.25, -0.2) is 18.4 Å². The molecule has 164 valence electrons. The minimum Gasteiger partial charge on any atom is -0.304 e. The number of nitrogens with one attached hydrogen (secondary N) is 1. The molecule has 1 aliphatic rings. The summed E-state index contributed by atoms with van der Waals surface area (Å²) in [5.41, 5.74) is 0.110. The molecule has 31 heavy (non-hydrogen) atoms. The molecule has 4 rings (SSSR count). The molecule has 1 amide bonds. The standard InChI is InChI=1S/C19H18F3N5O3S/c20-19(21,22)15-5-3-6-16(24-15)25-18(28)17-23-13(14-4-1-2-7-27(14)17)12-26-8-10-31(29,30)11-9-26/h1-7H,8-12H2,(H,24,25,28). The second kappa shape index (κ2) is 7.93. The zero-order valence-electron chi connectivity index (χ0n) is 16.1. The molecule has 1 fully saturated rings. The Labute approximate surface area is 175 Å². The van der Waals surface area contributed by atoms with Gasteiger partial charge in [0.1, 0.15) is 11.5 Å². The molecule has 0 saturated carbocycles. The highest BCUT2D eigenvalue weighted by molar-refractivity contribution is 7.91. The summed E-state index contributed by atoms with van der Waals surface area (Å²) in [7, 11) is -3.03. The van der Waals surface area contributed by atoms with Crippen LogP contribution < -0.4 is 5.32 Å². The molecule has 8 nitrogen and oxygen atoms in total. The van der Waals surface area contributed by atoms with Gasteiger partial charge in [0.25, 0.3) is 5.91 Å². The van der Waals surface area contributed by atoms with E-state index in [1.165, 1.54) is 6.07 Å². The zero-order chi connectivity index (χ0) is 22.2. The smallest absolute Gasteiger partial charge is 0.304 e. The second-order valence-corrected chi connectivity index (χ2v) is 9.43. The number of halogens is 3. The Morgan fingerprint density at radius 2 is 1.81 bits per heavy atom. The third kappa shape index (κ3) is 4.69. The van der Waals surface area contributed by atoms with Crippen molar-refractivity contribution in [3.05, 3.63) is 59.8 Å². The zero-order valence-corrected chi connectivity index (χ0v) is 16.9. The van der Waals surface area contributed by atoms with Crippen molar-refractivity contribution in [2.75, 3.05) is 29.9 Å². The number of fused-ring (bicyclic) bond motifs is 1. The number of carbonyl (C=O) groups is 1. The van der Waals surface area contributed by atoms with Gasteiger partial charge in [-0.3, -0.25) is 14.1 Å². The van der Waals surface area contributed by atoms with Crippen LogP contribution in [0.1, 0.15) is 22.0 Å². The van der Waals surface area contributed by atoms with Gasteiger partial charge in [0.15, 0.2) is 9.84 Å². The lowest BCUT2D eigenvalue weighted by molar-refractivity contribution is -0.141. The molecule has 3 aromatic rings. The average molecular weight is 453 g/mol. The van der Waals surface area contributed by atoms with E-state index < -0.39 is 27.6 Å². The van der Waals surface area contributed by atoms with E-state index in [2.05, 4.69) is 15.3 Å². The van der Waals surface area contributed by atoms with Gasteiger partial charge in [-0.15, -0.1) is 0 Å². The minimum atomic E-state index is -4.63. The Morgan fingerprint density at radius 1 is 1.06 bits per heavy atom. The van der Waals surface area contributed by atoms with E-state index in [0.717, 1.165) is 12.1 Å². The molecule has 1 saturated heterocycles. The number of alkyl halides is 3. The number of hydrogen-bond donors (Lipinski definition) is 1. The number of carbonyl (C=O) groups excluding carboxylic acids is 1. The predicted octanol–water partition coefficient (Wildman–Crippen LogP) is 2.23. The van der Waals surface area contributed by atoms with Crippen LogP contribution in [0.3, 0.4) is 0 Å². The summed E-state index contributed by atoms with van der Waals surface area (Å²) < 4.78 is 63.4. The highest BCUT2D eigenvalue weighted by atomic mass is 32.2. The predicted molar refractivity (Wildman–Crippen MR) is 106 cm³/mol. The van der Waals surface area contributed by atoms with Crippen molar-refractivity contribution >= 4 is 27.1 Å². The van der Waals surface area contributed by atoms with Crippen molar-refractivity contribution in [3.8, 4) is 0 Å². The summed E-state index contributed by atoms with van der Waals surface area (Å²) in [6.45, 7) is 1.08. The second-order valence-electron chi connectivity index (χ2n) is 7.13. The Morgan fingerprint density at radius 3 is 2.52 bits per heavy atom. The molecule has 0 spiro atoms. The number of pyridine rings is 2. The van der Waals surface area contributed by atoms with E-state index >= 15 is 0 Å². The Hall–Kier alpha value is -2.99. The van der Waals surface area contributed by atoms with Crippen LogP contribution in [0.4, 0.5) is 19.0 Å². The van der Waals surface area contributed by atoms with Crippen LogP contribution in [-0.2, 0) is 22.6 Å². The number of anilines is 1. The van der Waals surface area contributed by atoms with E-state index in [9.17, 15) is 26.4 Å². The van der Waals surface area contributed by atoms with E-state index in [-0.39, 0.29) is 23.1 Å². The number of amides is 1. The molecule has 0 unspecified atom stereocenters. The fourth-order valence-electron chi connectivity index (χ4n) is 3.33. The molecule has 0 aliphatic carbocycles. The van der Waals surface area contributed by atoms with E-state index in [1.54, 1.807) is 28.8 Å². The first-order valence-corrected chi connectivity index (χ1v) is 11.2. The molecule has 0 aromatic carbocycles. The van der Waals surface area contributed by atoms with Crippen molar-refractivity contribution in [3.63, 3.8) is 0 Å². The lowest BCUT2D eigenvalue weighted by atomic mass is 10.3. The van der Waals surface area contributed by atoms with Crippen molar-refractivity contribution in [1.82, 2.24) is 19.3 Å². The lowest BCUT2D eigenvalue weighted by Gasteiger charge is -2.25. The summed E-state index contributed by atoms with van der Waals surface area (Å²) in [5, 5.41) is 2.36. The van der Waals surface area contributed by atoms with E-state index in [1.807, 2.05) is 4.90 Å². The van der Waals surface area contributed by atoms with Gasteiger partial charge >= 0.3 is 6.18 Å². The third-order valence-corrected chi connectivity index (χ3v) is 6.53. The molecule has 0 bridgehead atoms. The summed E-state index contributed by atoms with van der Waals surface area (Å²) in [5.74, 6) is -0.828. The van der Waals surface area contributed by atoms with Crippen molar-refractivity contribution in [1.29, 1.82) is 0 Å². The fraction of sp³-hybridized carbons (Fsp3) is 0.316. The quantitative estimate of drug-likeness (QED) is 0.651. The molecule has 3 aromatic heterocycles. The third-order valence-electron chi connectivity index (χ3n) is 4.92. The first-order chi connectivity index (χ1) is 14.6. The maximum atomic E-state index is 12.9. The maximum Gasteiger partial charge on any atom is 0.433 e. The first kappa shape index (κ1) is 21.2.